The molecule has 0 fully saturated rings. The highest BCUT2D eigenvalue weighted by atomic mass is 32.1. The molecular weight excluding hydrogens is 306 g/mol. The van der Waals surface area contributed by atoms with Crippen LogP contribution in [0.1, 0.15) is 31.2 Å². The third-order valence-corrected chi connectivity index (χ3v) is 4.62. The van der Waals surface area contributed by atoms with Crippen LogP contribution in [-0.2, 0) is 6.54 Å². The zero-order valence-electron chi connectivity index (χ0n) is 13.0. The van der Waals surface area contributed by atoms with Gasteiger partial charge in [0.25, 0.3) is 0 Å². The summed E-state index contributed by atoms with van der Waals surface area (Å²) in [6.45, 7) is 5.00. The second-order valence-electron chi connectivity index (χ2n) is 5.81. The lowest BCUT2D eigenvalue weighted by Crippen LogP contribution is -2.01. The molecule has 0 spiro atoms. The molecule has 5 nitrogen and oxygen atoms in total. The second-order valence-corrected chi connectivity index (χ2v) is 6.67. The van der Waals surface area contributed by atoms with E-state index in [2.05, 4.69) is 40.0 Å². The number of imidazole rings is 2. The fraction of sp³-hybridized carbons (Fsp3) is 0.235. The van der Waals surface area contributed by atoms with Crippen molar-refractivity contribution in [3.8, 4) is 10.8 Å². The van der Waals surface area contributed by atoms with Crippen molar-refractivity contribution in [2.45, 2.75) is 26.3 Å². The molecule has 4 rings (SSSR count). The molecule has 0 radical (unpaired) electrons. The summed E-state index contributed by atoms with van der Waals surface area (Å²) in [5, 5.41) is 3.08. The molecule has 0 atom stereocenters. The third kappa shape index (κ3) is 2.66. The molecular formula is C17H17N5S. The molecule has 0 bridgehead atoms. The monoisotopic (exact) mass is 323 g/mol. The number of hydrogen-bond donors (Lipinski definition) is 0. The van der Waals surface area contributed by atoms with Crippen molar-refractivity contribution >= 4 is 17.0 Å². The highest BCUT2D eigenvalue weighted by Gasteiger charge is 2.13. The summed E-state index contributed by atoms with van der Waals surface area (Å²) in [5.74, 6) is 1.33. The van der Waals surface area contributed by atoms with Gasteiger partial charge in [-0.15, -0.1) is 11.3 Å². The number of hydrogen-bond acceptors (Lipinski definition) is 4. The van der Waals surface area contributed by atoms with E-state index in [4.69, 9.17) is 4.98 Å². The van der Waals surface area contributed by atoms with Gasteiger partial charge in [-0.25, -0.2) is 15.0 Å². The zero-order chi connectivity index (χ0) is 15.8. The fourth-order valence-corrected chi connectivity index (χ4v) is 3.52. The van der Waals surface area contributed by atoms with Gasteiger partial charge in [-0.05, 0) is 18.1 Å². The van der Waals surface area contributed by atoms with Crippen molar-refractivity contribution in [2.75, 3.05) is 0 Å². The van der Waals surface area contributed by atoms with Gasteiger partial charge in [-0.1, -0.05) is 19.9 Å². The van der Waals surface area contributed by atoms with Crippen molar-refractivity contribution in [3.05, 3.63) is 59.8 Å². The maximum Gasteiger partial charge on any atom is 0.169 e. The zero-order valence-corrected chi connectivity index (χ0v) is 13.9. The van der Waals surface area contributed by atoms with Gasteiger partial charge >= 0.3 is 0 Å². The average Bonchev–Trinajstić information content (AvgIpc) is 3.25. The smallest absolute Gasteiger partial charge is 0.169 e. The summed E-state index contributed by atoms with van der Waals surface area (Å²) in [6, 6.07) is 6.01. The van der Waals surface area contributed by atoms with Crippen LogP contribution in [0.2, 0.25) is 0 Å². The third-order valence-electron chi connectivity index (χ3n) is 3.77. The van der Waals surface area contributed by atoms with Crippen molar-refractivity contribution in [2.24, 2.45) is 0 Å². The normalized spacial score (nSPS) is 11.6. The van der Waals surface area contributed by atoms with Gasteiger partial charge in [-0.2, -0.15) is 0 Å². The van der Waals surface area contributed by atoms with Crippen molar-refractivity contribution in [1.29, 1.82) is 0 Å². The van der Waals surface area contributed by atoms with Gasteiger partial charge < -0.3 is 8.97 Å². The second kappa shape index (κ2) is 5.62. The Kier molecular flexibility index (Phi) is 3.46. The van der Waals surface area contributed by atoms with Crippen LogP contribution in [0.3, 0.4) is 0 Å². The first-order valence-electron chi connectivity index (χ1n) is 7.60. The first kappa shape index (κ1) is 14.1. The molecule has 23 heavy (non-hydrogen) atoms. The van der Waals surface area contributed by atoms with E-state index in [0.29, 0.717) is 12.5 Å². The van der Waals surface area contributed by atoms with Crippen LogP contribution in [0.5, 0.6) is 0 Å². The van der Waals surface area contributed by atoms with E-state index in [9.17, 15) is 0 Å². The number of thiazole rings is 1. The van der Waals surface area contributed by atoms with Gasteiger partial charge in [0.05, 0.1) is 17.9 Å². The molecule has 0 aliphatic heterocycles. The largest absolute Gasteiger partial charge is 0.323 e. The summed E-state index contributed by atoms with van der Waals surface area (Å²) in [4.78, 5) is 13.8. The Morgan fingerprint density at radius 1 is 1.17 bits per heavy atom. The minimum absolute atomic E-state index is 0.432. The Morgan fingerprint density at radius 3 is 2.87 bits per heavy atom. The van der Waals surface area contributed by atoms with Crippen LogP contribution < -0.4 is 0 Å². The molecule has 0 saturated heterocycles. The average molecular weight is 323 g/mol. The van der Waals surface area contributed by atoms with Gasteiger partial charge in [-0.3, -0.25) is 0 Å². The van der Waals surface area contributed by atoms with Crippen LogP contribution in [0.15, 0.2) is 48.4 Å². The van der Waals surface area contributed by atoms with E-state index in [1.807, 2.05) is 41.2 Å². The van der Waals surface area contributed by atoms with E-state index in [1.54, 1.807) is 11.3 Å². The Hall–Kier alpha value is -2.47. The number of aromatic nitrogens is 5. The number of fused-ring (bicyclic) bond motifs is 1. The maximum atomic E-state index is 4.71. The number of rotatable bonds is 4. The molecule has 0 unspecified atom stereocenters. The Labute approximate surface area is 138 Å². The molecule has 116 valence electrons. The Balaban J connectivity index is 1.66. The predicted molar refractivity (Wildman–Crippen MR) is 91.7 cm³/mol. The Bertz CT molecular complexity index is 914. The lowest BCUT2D eigenvalue weighted by molar-refractivity contribution is 0.783. The first-order chi connectivity index (χ1) is 11.2. The minimum atomic E-state index is 0.432. The SMILES string of the molecule is CC(C)c1csc(-c2nccn2Cc2cn3ccccc3n2)n1. The number of pyridine rings is 1. The predicted octanol–water partition coefficient (Wildman–Crippen LogP) is 3.83. The molecule has 6 heteroatoms. The molecule has 0 amide bonds. The summed E-state index contributed by atoms with van der Waals surface area (Å²) in [5.41, 5.74) is 3.09. The molecule has 0 aliphatic rings. The van der Waals surface area contributed by atoms with Crippen molar-refractivity contribution in [3.63, 3.8) is 0 Å². The van der Waals surface area contributed by atoms with Crippen LogP contribution >= 0.6 is 11.3 Å². The van der Waals surface area contributed by atoms with Crippen LogP contribution in [-0.4, -0.2) is 23.9 Å². The first-order valence-corrected chi connectivity index (χ1v) is 8.48. The minimum Gasteiger partial charge on any atom is -0.323 e. The van der Waals surface area contributed by atoms with Crippen molar-refractivity contribution in [1.82, 2.24) is 23.9 Å². The van der Waals surface area contributed by atoms with Crippen LogP contribution in [0.4, 0.5) is 0 Å². The summed E-state index contributed by atoms with van der Waals surface area (Å²) in [6.07, 6.45) is 7.87. The molecule has 0 saturated carbocycles. The fourth-order valence-electron chi connectivity index (χ4n) is 2.53. The molecule has 0 aliphatic carbocycles. The van der Waals surface area contributed by atoms with Crippen LogP contribution in [0.25, 0.3) is 16.5 Å². The molecule has 0 N–H and O–H groups in total. The van der Waals surface area contributed by atoms with Crippen molar-refractivity contribution < 1.29 is 0 Å². The summed E-state index contributed by atoms with van der Waals surface area (Å²) in [7, 11) is 0. The summed E-state index contributed by atoms with van der Waals surface area (Å²) >= 11 is 1.65. The highest BCUT2D eigenvalue weighted by Crippen LogP contribution is 2.26. The van der Waals surface area contributed by atoms with E-state index in [-0.39, 0.29) is 0 Å². The topological polar surface area (TPSA) is 48.0 Å². The van der Waals surface area contributed by atoms with Gasteiger partial charge in [0.15, 0.2) is 10.8 Å². The Morgan fingerprint density at radius 2 is 2.09 bits per heavy atom. The quantitative estimate of drug-likeness (QED) is 0.573. The van der Waals surface area contributed by atoms with Gasteiger partial charge in [0.1, 0.15) is 5.65 Å². The molecule has 4 aromatic heterocycles. The maximum absolute atomic E-state index is 4.71. The highest BCUT2D eigenvalue weighted by molar-refractivity contribution is 7.13. The van der Waals surface area contributed by atoms with E-state index in [0.717, 1.165) is 27.9 Å². The van der Waals surface area contributed by atoms with E-state index in [1.165, 1.54) is 0 Å². The van der Waals surface area contributed by atoms with Gasteiger partial charge in [0, 0.05) is 30.2 Å². The van der Waals surface area contributed by atoms with E-state index < -0.39 is 0 Å². The summed E-state index contributed by atoms with van der Waals surface area (Å²) < 4.78 is 4.14. The van der Waals surface area contributed by atoms with Crippen LogP contribution in [0, 0.1) is 0 Å². The lowest BCUT2D eigenvalue weighted by Gasteiger charge is -2.03. The molecule has 4 aromatic rings. The molecule has 4 heterocycles. The number of nitrogens with zero attached hydrogens (tertiary/aromatic N) is 5. The van der Waals surface area contributed by atoms with E-state index >= 15 is 0 Å². The molecule has 0 aromatic carbocycles. The lowest BCUT2D eigenvalue weighted by atomic mass is 10.2. The van der Waals surface area contributed by atoms with Gasteiger partial charge in [0.2, 0.25) is 0 Å². The standard InChI is InChI=1S/C17H17N5S/c1-12(2)14-11-23-17(20-14)16-18-6-8-22(16)10-13-9-21-7-4-3-5-15(21)19-13/h3-9,11-12H,10H2,1-2H3.